The molecule has 23 heavy (non-hydrogen) atoms. The number of likely N-dealkylation sites (tertiary alicyclic amines) is 1. The number of nitrogens with zero attached hydrogens (tertiary/aromatic N) is 2. The van der Waals surface area contributed by atoms with Gasteiger partial charge in [0.15, 0.2) is 0 Å². The smallest absolute Gasteiger partial charge is 0.229 e. The zero-order valence-electron chi connectivity index (χ0n) is 13.2. The van der Waals surface area contributed by atoms with Crippen LogP contribution in [0.2, 0.25) is 0 Å². The Hall–Kier alpha value is -1.52. The Bertz CT molecular complexity index is 711. The first kappa shape index (κ1) is 13.9. The molecule has 1 aromatic heterocycles. The number of aromatic nitrogens is 1. The van der Waals surface area contributed by atoms with Crippen molar-refractivity contribution in [1.29, 1.82) is 0 Å². The van der Waals surface area contributed by atoms with Crippen molar-refractivity contribution in [3.05, 3.63) is 29.3 Å². The van der Waals surface area contributed by atoms with Gasteiger partial charge < -0.3 is 4.90 Å². The van der Waals surface area contributed by atoms with Crippen LogP contribution in [0.3, 0.4) is 0 Å². The van der Waals surface area contributed by atoms with E-state index in [4.69, 9.17) is 0 Å². The van der Waals surface area contributed by atoms with Gasteiger partial charge in [0.1, 0.15) is 11.5 Å². The second-order valence-corrected chi connectivity index (χ2v) is 8.14. The standard InChI is InChI=1S/C18H20F2N2O/c1-10-8-22(15-11-6-21-7-12(19)14(11)13(10)15)16(23)17-2-4-18(20,9-17)5-3-17/h6-7,10,13,15H,2-5,8-9H2,1H3/t10-,13?,15+,17?,18?/m0/s1. The normalized spacial score (nSPS) is 43.3. The average molecular weight is 318 g/mol. The quantitative estimate of drug-likeness (QED) is 0.794. The number of pyridine rings is 1. The van der Waals surface area contributed by atoms with Crippen molar-refractivity contribution in [2.75, 3.05) is 6.54 Å². The van der Waals surface area contributed by atoms with E-state index >= 15 is 0 Å². The molecule has 0 spiro atoms. The van der Waals surface area contributed by atoms with Gasteiger partial charge in [0.2, 0.25) is 5.91 Å². The summed E-state index contributed by atoms with van der Waals surface area (Å²) in [6.07, 6.45) is 5.70. The van der Waals surface area contributed by atoms with Gasteiger partial charge >= 0.3 is 0 Å². The molecule has 3 aliphatic carbocycles. The van der Waals surface area contributed by atoms with Crippen molar-refractivity contribution >= 4 is 5.91 Å². The molecule has 122 valence electrons. The molecule has 1 aromatic rings. The molecule has 3 fully saturated rings. The first-order valence-electron chi connectivity index (χ1n) is 8.57. The number of hydrogen-bond donors (Lipinski definition) is 0. The van der Waals surface area contributed by atoms with Crippen LogP contribution in [0.5, 0.6) is 0 Å². The summed E-state index contributed by atoms with van der Waals surface area (Å²) in [5.41, 5.74) is -0.0274. The van der Waals surface area contributed by atoms with Crippen LogP contribution >= 0.6 is 0 Å². The second kappa shape index (κ2) is 4.11. The number of halogens is 2. The topological polar surface area (TPSA) is 33.2 Å². The molecule has 5 rings (SSSR count). The molecule has 0 radical (unpaired) electrons. The Kier molecular flexibility index (Phi) is 2.48. The van der Waals surface area contributed by atoms with Crippen molar-refractivity contribution in [3.63, 3.8) is 0 Å². The van der Waals surface area contributed by atoms with Gasteiger partial charge in [0.25, 0.3) is 0 Å². The number of carbonyl (C=O) groups is 1. The lowest BCUT2D eigenvalue weighted by Gasteiger charge is -2.42. The predicted octanol–water partition coefficient (Wildman–Crippen LogP) is 3.51. The van der Waals surface area contributed by atoms with Crippen LogP contribution in [0.25, 0.3) is 0 Å². The van der Waals surface area contributed by atoms with Gasteiger partial charge in [-0.3, -0.25) is 9.78 Å². The minimum atomic E-state index is -1.12. The van der Waals surface area contributed by atoms with Gasteiger partial charge in [-0.15, -0.1) is 0 Å². The Labute approximate surface area is 134 Å². The fourth-order valence-electron chi connectivity index (χ4n) is 5.74. The van der Waals surface area contributed by atoms with Crippen LogP contribution in [0, 0.1) is 17.2 Å². The Morgan fingerprint density at radius 3 is 2.70 bits per heavy atom. The third-order valence-corrected chi connectivity index (χ3v) is 6.87. The highest BCUT2D eigenvalue weighted by molar-refractivity contribution is 5.85. The van der Waals surface area contributed by atoms with Gasteiger partial charge in [-0.25, -0.2) is 8.78 Å². The molecule has 5 heteroatoms. The van der Waals surface area contributed by atoms with Crippen LogP contribution in [0.15, 0.2) is 12.4 Å². The maximum absolute atomic E-state index is 14.5. The fourth-order valence-corrected chi connectivity index (χ4v) is 5.74. The molecule has 3 atom stereocenters. The lowest BCUT2D eigenvalue weighted by atomic mass is 9.70. The van der Waals surface area contributed by atoms with Gasteiger partial charge in [-0.2, -0.15) is 0 Å². The Morgan fingerprint density at radius 2 is 2.04 bits per heavy atom. The molecular weight excluding hydrogens is 298 g/mol. The van der Waals surface area contributed by atoms with Crippen LogP contribution in [0.1, 0.15) is 62.1 Å². The minimum absolute atomic E-state index is 0.0553. The molecule has 1 unspecified atom stereocenters. The van der Waals surface area contributed by atoms with Crippen LogP contribution in [-0.2, 0) is 4.79 Å². The SMILES string of the molecule is C[C@H]1CN(C(=O)C23CCC(F)(CC2)C3)[C@@H]2c3cncc(F)c3C21. The zero-order chi connectivity index (χ0) is 16.0. The van der Waals surface area contributed by atoms with Gasteiger partial charge in [0, 0.05) is 29.8 Å². The first-order valence-corrected chi connectivity index (χ1v) is 8.57. The van der Waals surface area contributed by atoms with E-state index in [1.54, 1.807) is 6.20 Å². The van der Waals surface area contributed by atoms with E-state index in [2.05, 4.69) is 11.9 Å². The summed E-state index contributed by atoms with van der Waals surface area (Å²) in [7, 11) is 0. The van der Waals surface area contributed by atoms with Crippen LogP contribution in [-0.4, -0.2) is 28.0 Å². The third-order valence-electron chi connectivity index (χ3n) is 6.87. The van der Waals surface area contributed by atoms with Crippen molar-refractivity contribution in [2.45, 2.75) is 56.7 Å². The monoisotopic (exact) mass is 318 g/mol. The van der Waals surface area contributed by atoms with E-state index in [1.165, 1.54) is 6.20 Å². The summed E-state index contributed by atoms with van der Waals surface area (Å²) in [5, 5.41) is 0. The van der Waals surface area contributed by atoms with E-state index in [0.717, 1.165) is 11.1 Å². The lowest BCUT2D eigenvalue weighted by molar-refractivity contribution is -0.143. The van der Waals surface area contributed by atoms with E-state index in [-0.39, 0.29) is 29.6 Å². The number of carbonyl (C=O) groups excluding carboxylic acids is 1. The van der Waals surface area contributed by atoms with Crippen molar-refractivity contribution in [2.24, 2.45) is 11.3 Å². The second-order valence-electron chi connectivity index (χ2n) is 8.14. The Balaban J connectivity index is 1.50. The largest absolute Gasteiger partial charge is 0.334 e. The molecule has 0 aromatic carbocycles. The van der Waals surface area contributed by atoms with Crippen molar-refractivity contribution in [1.82, 2.24) is 9.88 Å². The average Bonchev–Trinajstić information content (AvgIpc) is 3.10. The maximum atomic E-state index is 14.5. The minimum Gasteiger partial charge on any atom is -0.334 e. The molecule has 1 saturated heterocycles. The molecule has 3 nitrogen and oxygen atoms in total. The molecule has 1 aliphatic heterocycles. The number of fused-ring (bicyclic) bond motifs is 6. The summed E-state index contributed by atoms with van der Waals surface area (Å²) < 4.78 is 28.6. The van der Waals surface area contributed by atoms with Gasteiger partial charge in [0.05, 0.1) is 17.7 Å². The highest BCUT2D eigenvalue weighted by Gasteiger charge is 2.62. The Morgan fingerprint density at radius 1 is 1.30 bits per heavy atom. The zero-order valence-corrected chi connectivity index (χ0v) is 13.2. The summed E-state index contributed by atoms with van der Waals surface area (Å²) in [6.45, 7) is 2.72. The van der Waals surface area contributed by atoms with E-state index in [0.29, 0.717) is 38.6 Å². The van der Waals surface area contributed by atoms with Gasteiger partial charge in [-0.1, -0.05) is 6.92 Å². The number of rotatable bonds is 1. The van der Waals surface area contributed by atoms with Crippen LogP contribution < -0.4 is 0 Å². The summed E-state index contributed by atoms with van der Waals surface area (Å²) >= 11 is 0. The number of alkyl halides is 1. The van der Waals surface area contributed by atoms with Crippen LogP contribution in [0.4, 0.5) is 8.78 Å². The molecule has 1 amide bonds. The maximum Gasteiger partial charge on any atom is 0.229 e. The first-order chi connectivity index (χ1) is 10.9. The molecule has 2 bridgehead atoms. The highest BCUT2D eigenvalue weighted by atomic mass is 19.1. The summed E-state index contributed by atoms with van der Waals surface area (Å²) in [4.78, 5) is 19.1. The molecule has 2 saturated carbocycles. The highest BCUT2D eigenvalue weighted by Crippen LogP contribution is 2.63. The number of hydrogen-bond acceptors (Lipinski definition) is 2. The van der Waals surface area contributed by atoms with Gasteiger partial charge in [-0.05, 0) is 38.0 Å². The summed E-state index contributed by atoms with van der Waals surface area (Å²) in [6, 6.07) is -0.0553. The summed E-state index contributed by atoms with van der Waals surface area (Å²) in [5.74, 6) is 0.158. The number of amides is 1. The van der Waals surface area contributed by atoms with E-state index < -0.39 is 11.1 Å². The fraction of sp³-hybridized carbons (Fsp3) is 0.667. The van der Waals surface area contributed by atoms with E-state index in [1.807, 2.05) is 4.90 Å². The van der Waals surface area contributed by atoms with E-state index in [9.17, 15) is 13.6 Å². The van der Waals surface area contributed by atoms with Crippen molar-refractivity contribution in [3.8, 4) is 0 Å². The molecule has 0 N–H and O–H groups in total. The predicted molar refractivity (Wildman–Crippen MR) is 79.9 cm³/mol. The molecular formula is C18H20F2N2O. The van der Waals surface area contributed by atoms with Crippen molar-refractivity contribution < 1.29 is 13.6 Å². The third kappa shape index (κ3) is 1.58. The molecule has 2 heterocycles. The molecule has 4 aliphatic rings. The lowest BCUT2D eigenvalue weighted by Crippen LogP contribution is -2.44.